The monoisotopic (exact) mass is 342 g/mol. The van der Waals surface area contributed by atoms with Gasteiger partial charge in [-0.3, -0.25) is 0 Å². The molecule has 0 radical (unpaired) electrons. The number of hydrogen-bond acceptors (Lipinski definition) is 7. The van der Waals surface area contributed by atoms with Gasteiger partial charge in [0, 0.05) is 12.6 Å². The van der Waals surface area contributed by atoms with Crippen molar-refractivity contribution in [3.05, 3.63) is 36.7 Å². The second-order valence-corrected chi connectivity index (χ2v) is 6.31. The minimum Gasteiger partial charge on any atom is -0.486 e. The second kappa shape index (κ2) is 7.14. The van der Waals surface area contributed by atoms with Gasteiger partial charge in [-0.25, -0.2) is 9.97 Å². The molecule has 4 rings (SSSR count). The molecule has 0 aliphatic carbocycles. The van der Waals surface area contributed by atoms with Crippen molar-refractivity contribution in [2.24, 2.45) is 0 Å². The fourth-order valence-corrected chi connectivity index (χ4v) is 3.31. The first-order valence-electron chi connectivity index (χ1n) is 8.65. The largest absolute Gasteiger partial charge is 0.486 e. The van der Waals surface area contributed by atoms with Gasteiger partial charge in [-0.15, -0.1) is 0 Å². The van der Waals surface area contributed by atoms with Crippen LogP contribution in [0.5, 0.6) is 11.5 Å². The zero-order valence-corrected chi connectivity index (χ0v) is 14.0. The molecule has 25 heavy (non-hydrogen) atoms. The minimum absolute atomic E-state index is 0.0784. The Labute approximate surface area is 146 Å². The molecule has 3 heterocycles. The van der Waals surface area contributed by atoms with Crippen molar-refractivity contribution in [2.45, 2.75) is 25.0 Å². The van der Waals surface area contributed by atoms with E-state index < -0.39 is 0 Å². The fraction of sp³-hybridized carbons (Fsp3) is 0.444. The number of benzene rings is 1. The van der Waals surface area contributed by atoms with Crippen LogP contribution in [0.15, 0.2) is 36.7 Å². The van der Waals surface area contributed by atoms with Crippen LogP contribution in [0.1, 0.15) is 12.8 Å². The molecule has 0 saturated carbocycles. The summed E-state index contributed by atoms with van der Waals surface area (Å²) in [5, 5.41) is 12.8. The highest BCUT2D eigenvalue weighted by Crippen LogP contribution is 2.31. The lowest BCUT2D eigenvalue weighted by atomic mass is 10.2. The number of rotatable bonds is 5. The van der Waals surface area contributed by atoms with Crippen LogP contribution in [-0.2, 0) is 0 Å². The van der Waals surface area contributed by atoms with Gasteiger partial charge in [0.15, 0.2) is 11.5 Å². The summed E-state index contributed by atoms with van der Waals surface area (Å²) in [5.41, 5.74) is 0. The average molecular weight is 342 g/mol. The Morgan fingerprint density at radius 1 is 1.24 bits per heavy atom. The Balaban J connectivity index is 1.38. The van der Waals surface area contributed by atoms with Crippen LogP contribution in [0, 0.1) is 0 Å². The van der Waals surface area contributed by atoms with Gasteiger partial charge in [-0.05, 0) is 25.0 Å². The van der Waals surface area contributed by atoms with Crippen molar-refractivity contribution in [3.63, 3.8) is 0 Å². The van der Waals surface area contributed by atoms with E-state index in [-0.39, 0.29) is 18.8 Å². The van der Waals surface area contributed by atoms with Crippen LogP contribution < -0.4 is 19.7 Å². The van der Waals surface area contributed by atoms with Crippen molar-refractivity contribution in [1.29, 1.82) is 0 Å². The van der Waals surface area contributed by atoms with Crippen molar-refractivity contribution >= 4 is 11.6 Å². The molecule has 1 fully saturated rings. The molecule has 0 spiro atoms. The smallest absolute Gasteiger partial charge is 0.161 e. The third-order valence-corrected chi connectivity index (χ3v) is 4.61. The Kier molecular flexibility index (Phi) is 4.56. The molecule has 2 atom stereocenters. The zero-order valence-electron chi connectivity index (χ0n) is 14.0. The normalized spacial score (nSPS) is 22.0. The Morgan fingerprint density at radius 3 is 3.00 bits per heavy atom. The van der Waals surface area contributed by atoms with E-state index in [1.165, 1.54) is 0 Å². The molecular weight excluding hydrogens is 320 g/mol. The average Bonchev–Trinajstić information content (AvgIpc) is 3.15. The van der Waals surface area contributed by atoms with E-state index in [0.29, 0.717) is 13.2 Å². The first kappa shape index (κ1) is 16.0. The molecule has 132 valence electrons. The van der Waals surface area contributed by atoms with E-state index in [9.17, 15) is 5.11 Å². The van der Waals surface area contributed by atoms with Gasteiger partial charge >= 0.3 is 0 Å². The van der Waals surface area contributed by atoms with Crippen molar-refractivity contribution < 1.29 is 14.6 Å². The third kappa shape index (κ3) is 3.46. The number of fused-ring (bicyclic) bond motifs is 1. The van der Waals surface area contributed by atoms with Crippen LogP contribution in [0.3, 0.4) is 0 Å². The van der Waals surface area contributed by atoms with Crippen LogP contribution in [0.25, 0.3) is 0 Å². The molecule has 0 amide bonds. The van der Waals surface area contributed by atoms with Crippen LogP contribution >= 0.6 is 0 Å². The van der Waals surface area contributed by atoms with Gasteiger partial charge in [-0.1, -0.05) is 12.1 Å². The maximum Gasteiger partial charge on any atom is 0.161 e. The molecule has 1 saturated heterocycles. The van der Waals surface area contributed by atoms with Crippen LogP contribution in [-0.4, -0.2) is 53.5 Å². The van der Waals surface area contributed by atoms with E-state index in [0.717, 1.165) is 42.5 Å². The topological polar surface area (TPSA) is 79.7 Å². The number of aliphatic hydroxyl groups is 1. The molecule has 0 bridgehead atoms. The second-order valence-electron chi connectivity index (χ2n) is 6.31. The van der Waals surface area contributed by atoms with Crippen LogP contribution in [0.4, 0.5) is 11.6 Å². The highest BCUT2D eigenvalue weighted by Gasteiger charge is 2.25. The lowest BCUT2D eigenvalue weighted by Crippen LogP contribution is -2.35. The first-order chi connectivity index (χ1) is 12.3. The zero-order chi connectivity index (χ0) is 17.1. The van der Waals surface area contributed by atoms with Gasteiger partial charge in [-0.2, -0.15) is 0 Å². The first-order valence-corrected chi connectivity index (χ1v) is 8.65. The predicted octanol–water partition coefficient (Wildman–Crippen LogP) is 1.69. The van der Waals surface area contributed by atoms with E-state index in [1.807, 2.05) is 30.3 Å². The van der Waals surface area contributed by atoms with Crippen LogP contribution in [0.2, 0.25) is 0 Å². The third-order valence-electron chi connectivity index (χ3n) is 4.61. The molecule has 7 heteroatoms. The molecule has 1 aromatic carbocycles. The maximum absolute atomic E-state index is 9.49. The lowest BCUT2D eigenvalue weighted by Gasteiger charge is -2.27. The maximum atomic E-state index is 9.49. The summed E-state index contributed by atoms with van der Waals surface area (Å²) in [6.45, 7) is 2.16. The lowest BCUT2D eigenvalue weighted by molar-refractivity contribution is 0.0997. The quantitative estimate of drug-likeness (QED) is 0.856. The molecule has 0 unspecified atom stereocenters. The number of aliphatic hydroxyl groups excluding tert-OH is 1. The van der Waals surface area contributed by atoms with Crippen molar-refractivity contribution in [1.82, 2.24) is 9.97 Å². The Hall–Kier alpha value is -2.54. The number of para-hydroxylation sites is 2. The minimum atomic E-state index is -0.0784. The predicted molar refractivity (Wildman–Crippen MR) is 94.3 cm³/mol. The number of ether oxygens (including phenoxy) is 2. The van der Waals surface area contributed by atoms with Gasteiger partial charge in [0.05, 0.1) is 19.2 Å². The number of nitrogens with zero attached hydrogens (tertiary/aromatic N) is 3. The summed E-state index contributed by atoms with van der Waals surface area (Å²) >= 11 is 0. The highest BCUT2D eigenvalue weighted by molar-refractivity contribution is 5.50. The molecule has 2 N–H and O–H groups in total. The number of anilines is 2. The molecule has 7 nitrogen and oxygen atoms in total. The van der Waals surface area contributed by atoms with Gasteiger partial charge < -0.3 is 24.8 Å². The van der Waals surface area contributed by atoms with Crippen molar-refractivity contribution in [2.75, 3.05) is 36.5 Å². The number of aromatic nitrogens is 2. The Bertz CT molecular complexity index is 727. The molecule has 2 aliphatic rings. The molecular formula is C18H22N4O3. The van der Waals surface area contributed by atoms with E-state index in [4.69, 9.17) is 9.47 Å². The van der Waals surface area contributed by atoms with Gasteiger partial charge in [0.2, 0.25) is 0 Å². The standard InChI is InChI=1S/C18H22N4O3/c23-10-13-4-3-7-22(13)18-8-17(20-12-21-18)19-9-14-11-24-15-5-1-2-6-16(15)25-14/h1-2,5-6,8,12-14,23H,3-4,7,9-11H2,(H,19,20,21)/t13-,14-/m0/s1. The number of hydrogen-bond donors (Lipinski definition) is 2. The summed E-state index contributed by atoms with van der Waals surface area (Å²) < 4.78 is 11.7. The summed E-state index contributed by atoms with van der Waals surface area (Å²) in [7, 11) is 0. The summed E-state index contributed by atoms with van der Waals surface area (Å²) in [6.07, 6.45) is 3.55. The highest BCUT2D eigenvalue weighted by atomic mass is 16.6. The summed E-state index contributed by atoms with van der Waals surface area (Å²) in [6, 6.07) is 9.75. The summed E-state index contributed by atoms with van der Waals surface area (Å²) in [4.78, 5) is 10.8. The van der Waals surface area contributed by atoms with Crippen molar-refractivity contribution in [3.8, 4) is 11.5 Å². The number of nitrogens with one attached hydrogen (secondary N) is 1. The van der Waals surface area contributed by atoms with E-state index >= 15 is 0 Å². The molecule has 2 aliphatic heterocycles. The molecule has 2 aromatic rings. The van der Waals surface area contributed by atoms with Gasteiger partial charge in [0.1, 0.15) is 30.7 Å². The van der Waals surface area contributed by atoms with Gasteiger partial charge in [0.25, 0.3) is 0 Å². The summed E-state index contributed by atoms with van der Waals surface area (Å²) in [5.74, 6) is 3.15. The van der Waals surface area contributed by atoms with E-state index in [1.54, 1.807) is 6.33 Å². The Morgan fingerprint density at radius 2 is 2.12 bits per heavy atom. The fourth-order valence-electron chi connectivity index (χ4n) is 3.31. The SMILES string of the molecule is OC[C@@H]1CCCN1c1cc(NC[C@H]2COc3ccccc3O2)ncn1. The molecule has 1 aromatic heterocycles. The van der Waals surface area contributed by atoms with E-state index in [2.05, 4.69) is 20.2 Å².